The Balaban J connectivity index is 1.27. The molecule has 41 heavy (non-hydrogen) atoms. The largest absolute Gasteiger partial charge is 0.294 e. The standard InChI is InChI=1S/C38H26N2S/c1-3-11-26(12-4-1)31-17-10-18-32(27-13-5-2-6-14-27)38(31)30-16-9-15-28(23-30)29-21-22-35-36(24-29)41-25-37-39-33-19-7-8-20-34(33)40(35)37/h1-24H,25H2. The Bertz CT molecular complexity index is 1980. The molecule has 0 radical (unpaired) electrons. The third-order valence-corrected chi connectivity index (χ3v) is 8.95. The summed E-state index contributed by atoms with van der Waals surface area (Å²) >= 11 is 1.87. The molecule has 0 unspecified atom stereocenters. The van der Waals surface area contributed by atoms with Crippen molar-refractivity contribution in [3.8, 4) is 50.2 Å². The fourth-order valence-electron chi connectivity index (χ4n) is 6.01. The van der Waals surface area contributed by atoms with Crippen LogP contribution in [-0.2, 0) is 5.75 Å². The number of thioether (sulfide) groups is 1. The van der Waals surface area contributed by atoms with Gasteiger partial charge in [0.2, 0.25) is 0 Å². The van der Waals surface area contributed by atoms with Crippen LogP contribution in [0.2, 0.25) is 0 Å². The lowest BCUT2D eigenvalue weighted by atomic mass is 9.86. The van der Waals surface area contributed by atoms with Crippen molar-refractivity contribution in [2.45, 2.75) is 10.6 Å². The van der Waals surface area contributed by atoms with E-state index in [2.05, 4.69) is 150 Å². The smallest absolute Gasteiger partial charge is 0.124 e. The first kappa shape index (κ1) is 24.0. The molecule has 0 N–H and O–H groups in total. The molecule has 0 saturated carbocycles. The number of rotatable bonds is 4. The molecule has 0 atom stereocenters. The summed E-state index contributed by atoms with van der Waals surface area (Å²) in [5.74, 6) is 1.99. The minimum Gasteiger partial charge on any atom is -0.294 e. The molecule has 7 aromatic rings. The Morgan fingerprint density at radius 1 is 0.512 bits per heavy atom. The van der Waals surface area contributed by atoms with Gasteiger partial charge in [-0.25, -0.2) is 4.98 Å². The predicted molar refractivity (Wildman–Crippen MR) is 172 cm³/mol. The lowest BCUT2D eigenvalue weighted by Gasteiger charge is -2.20. The topological polar surface area (TPSA) is 17.8 Å². The minimum absolute atomic E-state index is 0.871. The molecule has 0 bridgehead atoms. The van der Waals surface area contributed by atoms with Crippen LogP contribution in [0.25, 0.3) is 61.2 Å². The third-order valence-electron chi connectivity index (χ3n) is 7.91. The fraction of sp³-hybridized carbons (Fsp3) is 0.0263. The number of aromatic nitrogens is 2. The van der Waals surface area contributed by atoms with Gasteiger partial charge in [0.25, 0.3) is 0 Å². The summed E-state index contributed by atoms with van der Waals surface area (Å²) in [4.78, 5) is 6.18. The van der Waals surface area contributed by atoms with Gasteiger partial charge in [0.1, 0.15) is 5.82 Å². The van der Waals surface area contributed by atoms with E-state index in [-0.39, 0.29) is 0 Å². The van der Waals surface area contributed by atoms with Gasteiger partial charge in [0.05, 0.1) is 22.5 Å². The third kappa shape index (κ3) is 4.18. The summed E-state index contributed by atoms with van der Waals surface area (Å²) in [7, 11) is 0. The molecule has 1 aromatic heterocycles. The summed E-state index contributed by atoms with van der Waals surface area (Å²) in [6.45, 7) is 0. The average molecular weight is 543 g/mol. The van der Waals surface area contributed by atoms with Gasteiger partial charge < -0.3 is 0 Å². The highest BCUT2D eigenvalue weighted by Gasteiger charge is 2.21. The molecule has 0 amide bonds. The van der Waals surface area contributed by atoms with Gasteiger partial charge in [-0.3, -0.25) is 4.57 Å². The van der Waals surface area contributed by atoms with E-state index in [0.717, 1.165) is 17.1 Å². The van der Waals surface area contributed by atoms with Gasteiger partial charge >= 0.3 is 0 Å². The summed E-state index contributed by atoms with van der Waals surface area (Å²) in [5.41, 5.74) is 13.3. The van der Waals surface area contributed by atoms with E-state index < -0.39 is 0 Å². The second kappa shape index (κ2) is 9.96. The zero-order chi connectivity index (χ0) is 27.2. The van der Waals surface area contributed by atoms with Crippen LogP contribution in [-0.4, -0.2) is 9.55 Å². The van der Waals surface area contributed by atoms with E-state index in [4.69, 9.17) is 4.98 Å². The van der Waals surface area contributed by atoms with Crippen molar-refractivity contribution in [3.63, 3.8) is 0 Å². The van der Waals surface area contributed by atoms with Crippen molar-refractivity contribution >= 4 is 22.8 Å². The number of para-hydroxylation sites is 2. The van der Waals surface area contributed by atoms with Crippen molar-refractivity contribution in [2.75, 3.05) is 0 Å². The molecule has 2 heterocycles. The lowest BCUT2D eigenvalue weighted by molar-refractivity contribution is 0.945. The molecular weight excluding hydrogens is 516 g/mol. The fourth-order valence-corrected chi connectivity index (χ4v) is 7.01. The normalized spacial score (nSPS) is 12.2. The number of imidazole rings is 1. The summed E-state index contributed by atoms with van der Waals surface area (Å²) in [6, 6.07) is 52.4. The molecular formula is C38H26N2S. The highest BCUT2D eigenvalue weighted by Crippen LogP contribution is 2.43. The Morgan fingerprint density at radius 3 is 1.88 bits per heavy atom. The molecule has 0 saturated heterocycles. The minimum atomic E-state index is 0.871. The molecule has 0 aliphatic carbocycles. The van der Waals surface area contributed by atoms with Crippen molar-refractivity contribution in [3.05, 3.63) is 151 Å². The first-order valence-corrected chi connectivity index (χ1v) is 14.9. The van der Waals surface area contributed by atoms with Crippen LogP contribution in [0, 0.1) is 0 Å². The van der Waals surface area contributed by atoms with Crippen LogP contribution >= 0.6 is 11.8 Å². The van der Waals surface area contributed by atoms with Gasteiger partial charge in [-0.05, 0) is 74.8 Å². The van der Waals surface area contributed by atoms with E-state index in [1.807, 2.05) is 11.8 Å². The zero-order valence-corrected chi connectivity index (χ0v) is 23.2. The first-order valence-electron chi connectivity index (χ1n) is 13.9. The molecule has 1 aliphatic rings. The van der Waals surface area contributed by atoms with E-state index in [0.29, 0.717) is 0 Å². The second-order valence-electron chi connectivity index (χ2n) is 10.4. The maximum absolute atomic E-state index is 4.89. The highest BCUT2D eigenvalue weighted by molar-refractivity contribution is 7.98. The van der Waals surface area contributed by atoms with Crippen LogP contribution in [0.5, 0.6) is 0 Å². The molecule has 0 fully saturated rings. The Hall–Kier alpha value is -4.86. The SMILES string of the molecule is c1ccc(-c2cccc(-c3ccccc3)c2-c2cccc(-c3ccc4c(c3)SCc3nc5ccccc5n3-4)c2)cc1. The Kier molecular flexibility index (Phi) is 5.82. The van der Waals surface area contributed by atoms with Gasteiger partial charge in [-0.2, -0.15) is 0 Å². The summed E-state index contributed by atoms with van der Waals surface area (Å²) in [6.07, 6.45) is 0. The quantitative estimate of drug-likeness (QED) is 0.220. The Labute approximate surface area is 244 Å². The Morgan fingerprint density at radius 2 is 1.12 bits per heavy atom. The van der Waals surface area contributed by atoms with E-state index in [9.17, 15) is 0 Å². The van der Waals surface area contributed by atoms with Crippen LogP contribution in [0.15, 0.2) is 150 Å². The maximum atomic E-state index is 4.89. The van der Waals surface area contributed by atoms with Crippen molar-refractivity contribution < 1.29 is 0 Å². The van der Waals surface area contributed by atoms with Crippen molar-refractivity contribution in [2.24, 2.45) is 0 Å². The molecule has 2 nitrogen and oxygen atoms in total. The average Bonchev–Trinajstić information content (AvgIpc) is 3.44. The second-order valence-corrected chi connectivity index (χ2v) is 11.4. The molecule has 8 rings (SSSR count). The molecule has 194 valence electrons. The summed E-state index contributed by atoms with van der Waals surface area (Å²) in [5, 5.41) is 0. The summed E-state index contributed by atoms with van der Waals surface area (Å²) < 4.78 is 2.32. The number of hydrogen-bond acceptors (Lipinski definition) is 2. The van der Waals surface area contributed by atoms with Gasteiger partial charge in [-0.1, -0.05) is 115 Å². The van der Waals surface area contributed by atoms with Crippen molar-refractivity contribution in [1.29, 1.82) is 0 Å². The maximum Gasteiger partial charge on any atom is 0.124 e. The number of hydrogen-bond donors (Lipinski definition) is 0. The first-order chi connectivity index (χ1) is 20.3. The van der Waals surface area contributed by atoms with Crippen LogP contribution in [0.4, 0.5) is 0 Å². The monoisotopic (exact) mass is 542 g/mol. The van der Waals surface area contributed by atoms with Gasteiger partial charge in [0.15, 0.2) is 0 Å². The number of fused-ring (bicyclic) bond motifs is 5. The molecule has 6 aromatic carbocycles. The van der Waals surface area contributed by atoms with Gasteiger partial charge in [-0.15, -0.1) is 11.8 Å². The molecule has 3 heteroatoms. The lowest BCUT2D eigenvalue weighted by Crippen LogP contribution is -2.06. The zero-order valence-electron chi connectivity index (χ0n) is 22.4. The van der Waals surface area contributed by atoms with Gasteiger partial charge in [0, 0.05) is 4.90 Å². The van der Waals surface area contributed by atoms with Crippen LogP contribution in [0.3, 0.4) is 0 Å². The predicted octanol–water partition coefficient (Wildman–Crippen LogP) is 10.3. The van der Waals surface area contributed by atoms with E-state index >= 15 is 0 Å². The number of benzene rings is 6. The van der Waals surface area contributed by atoms with Crippen LogP contribution < -0.4 is 0 Å². The highest BCUT2D eigenvalue weighted by atomic mass is 32.2. The van der Waals surface area contributed by atoms with E-state index in [1.165, 1.54) is 60.6 Å². The van der Waals surface area contributed by atoms with E-state index in [1.54, 1.807) is 0 Å². The van der Waals surface area contributed by atoms with Crippen molar-refractivity contribution in [1.82, 2.24) is 9.55 Å². The molecule has 1 aliphatic heterocycles. The van der Waals surface area contributed by atoms with Crippen LogP contribution in [0.1, 0.15) is 5.82 Å². The molecule has 0 spiro atoms. The number of nitrogens with zero attached hydrogens (tertiary/aromatic N) is 2.